The van der Waals surface area contributed by atoms with Crippen LogP contribution in [0.1, 0.15) is 91.4 Å². The van der Waals surface area contributed by atoms with Crippen LogP contribution in [0.3, 0.4) is 0 Å². The number of amidine groups is 1. The predicted octanol–water partition coefficient (Wildman–Crippen LogP) is 4.47. The Morgan fingerprint density at radius 1 is 0.973 bits per heavy atom. The van der Waals surface area contributed by atoms with Crippen LogP contribution in [0.2, 0.25) is 0 Å². The van der Waals surface area contributed by atoms with Gasteiger partial charge in [-0.2, -0.15) is 0 Å². The second-order valence-corrected chi connectivity index (χ2v) is 9.44. The minimum atomic E-state index is -0.659. The van der Waals surface area contributed by atoms with Crippen LogP contribution in [0, 0.1) is 0 Å². The Morgan fingerprint density at radius 3 is 2.22 bits per heavy atom. The van der Waals surface area contributed by atoms with Crippen molar-refractivity contribution < 1.29 is 28.4 Å². The molecule has 0 saturated heterocycles. The van der Waals surface area contributed by atoms with Gasteiger partial charge in [0.25, 0.3) is 6.02 Å². The number of hydrogen-bond donors (Lipinski definition) is 1. The van der Waals surface area contributed by atoms with Gasteiger partial charge in [-0.15, -0.1) is 0 Å². The lowest BCUT2D eigenvalue weighted by Gasteiger charge is -2.14. The number of esters is 2. The molecule has 1 unspecified atom stereocenters. The van der Waals surface area contributed by atoms with Gasteiger partial charge in [-0.1, -0.05) is 64.9 Å². The van der Waals surface area contributed by atoms with Crippen molar-refractivity contribution in [2.75, 3.05) is 19.8 Å². The quantitative estimate of drug-likeness (QED) is 0.0638. The number of unbranched alkanes of at least 4 members (excludes halogenated alkanes) is 9. The minimum Gasteiger partial charge on any atom is -0.466 e. The van der Waals surface area contributed by atoms with Crippen LogP contribution < -0.4 is 10.3 Å². The molecular weight excluding hydrogens is 472 g/mol. The van der Waals surface area contributed by atoms with E-state index in [1.54, 1.807) is 13.8 Å². The van der Waals surface area contributed by atoms with Crippen LogP contribution in [0.5, 0.6) is 0 Å². The predicted molar refractivity (Wildman–Crippen MR) is 145 cm³/mol. The van der Waals surface area contributed by atoms with Gasteiger partial charge in [-0.3, -0.25) is 4.79 Å². The molecule has 2 N–H and O–H groups in total. The summed E-state index contributed by atoms with van der Waals surface area (Å²) in [6.45, 7) is 10.8. The topological polar surface area (TPSA) is 109 Å². The molecule has 0 spiro atoms. The number of nitrogens with zero attached hydrogens (tertiary/aromatic N) is 3. The largest absolute Gasteiger partial charge is 0.466 e. The molecule has 1 heterocycles. The van der Waals surface area contributed by atoms with Crippen molar-refractivity contribution in [1.82, 2.24) is 4.57 Å². The fourth-order valence-corrected chi connectivity index (χ4v) is 3.75. The number of hydrogen-bond acceptors (Lipinski definition) is 6. The Balaban J connectivity index is 2.29. The highest BCUT2D eigenvalue weighted by molar-refractivity contribution is 5.86. The van der Waals surface area contributed by atoms with E-state index in [-0.39, 0.29) is 37.2 Å². The summed E-state index contributed by atoms with van der Waals surface area (Å²) < 4.78 is 19.8. The lowest BCUT2D eigenvalue weighted by molar-refractivity contribution is -0.696. The molecule has 0 bridgehead atoms. The van der Waals surface area contributed by atoms with Crippen LogP contribution in [0.15, 0.2) is 35.9 Å². The first-order chi connectivity index (χ1) is 17.8. The molecule has 0 aliphatic heterocycles. The summed E-state index contributed by atoms with van der Waals surface area (Å²) in [6.07, 6.45) is 19.5. The number of ether oxygens (including phenoxy) is 3. The molecule has 0 fully saturated rings. The number of aliphatic imine (C=N–C) groups is 1. The van der Waals surface area contributed by atoms with Crippen molar-refractivity contribution in [3.05, 3.63) is 30.9 Å². The molecular formula is C28H49N4O5+. The van der Waals surface area contributed by atoms with E-state index >= 15 is 0 Å². The number of rotatable bonds is 21. The van der Waals surface area contributed by atoms with E-state index in [2.05, 4.69) is 23.1 Å². The first kappa shape index (κ1) is 32.2. The smallest absolute Gasteiger partial charge is 0.333 e. The van der Waals surface area contributed by atoms with Crippen LogP contribution in [-0.4, -0.2) is 48.4 Å². The molecule has 0 aromatic carbocycles. The number of aryl methyl sites for hydroxylation is 2. The molecule has 9 nitrogen and oxygen atoms in total. The number of aromatic nitrogens is 2. The molecule has 0 aliphatic carbocycles. The number of nitrogens with two attached hydrogens (primary N) is 1. The average Bonchev–Trinajstić information content (AvgIpc) is 3.33. The highest BCUT2D eigenvalue weighted by Crippen LogP contribution is 2.10. The third kappa shape index (κ3) is 16.5. The van der Waals surface area contributed by atoms with Crippen molar-refractivity contribution >= 4 is 18.0 Å². The fourth-order valence-electron chi connectivity index (χ4n) is 3.75. The third-order valence-corrected chi connectivity index (χ3v) is 5.88. The normalized spacial score (nSPS) is 12.2. The Bertz CT molecular complexity index is 821. The molecule has 210 valence electrons. The van der Waals surface area contributed by atoms with Crippen molar-refractivity contribution in [2.45, 2.75) is 111 Å². The standard InChI is InChI=1S/C28H49N4O5/c1-5-7-8-9-10-11-12-13-14-15-17-31-19-20-32(23-31)18-16-26(33)36-21-25(30-28(29)35-6-2)22-37-27(34)24(3)4/h19-20,23,25H,3,5-18,21-22H2,1-2,4H3,(H2,29,30)/q+1. The summed E-state index contributed by atoms with van der Waals surface area (Å²) in [4.78, 5) is 28.1. The summed E-state index contributed by atoms with van der Waals surface area (Å²) in [5, 5.41) is 0. The minimum absolute atomic E-state index is 0.0470. The summed E-state index contributed by atoms with van der Waals surface area (Å²) in [5.41, 5.74) is 5.98. The molecule has 0 amide bonds. The van der Waals surface area contributed by atoms with Gasteiger partial charge >= 0.3 is 11.9 Å². The molecule has 9 heteroatoms. The second kappa shape index (κ2) is 20.2. The molecule has 0 saturated carbocycles. The lowest BCUT2D eigenvalue weighted by Crippen LogP contribution is -2.31. The van der Waals surface area contributed by atoms with E-state index in [0.29, 0.717) is 13.2 Å². The zero-order chi connectivity index (χ0) is 27.3. The van der Waals surface area contributed by atoms with Gasteiger partial charge in [0, 0.05) is 5.57 Å². The molecule has 1 atom stereocenters. The number of carbonyl (C=O) groups is 2. The van der Waals surface area contributed by atoms with Gasteiger partial charge in [0.2, 0.25) is 6.33 Å². The van der Waals surface area contributed by atoms with Crippen molar-refractivity contribution in [3.63, 3.8) is 0 Å². The summed E-state index contributed by atoms with van der Waals surface area (Å²) in [7, 11) is 0. The summed E-state index contributed by atoms with van der Waals surface area (Å²) >= 11 is 0. The number of carbonyl (C=O) groups excluding carboxylic acids is 2. The van der Waals surface area contributed by atoms with Crippen LogP contribution in [0.25, 0.3) is 0 Å². The van der Waals surface area contributed by atoms with E-state index < -0.39 is 12.0 Å². The first-order valence-corrected chi connectivity index (χ1v) is 13.8. The maximum Gasteiger partial charge on any atom is 0.333 e. The van der Waals surface area contributed by atoms with Gasteiger partial charge in [-0.25, -0.2) is 18.9 Å². The van der Waals surface area contributed by atoms with Crippen molar-refractivity contribution in [3.8, 4) is 0 Å². The highest BCUT2D eigenvalue weighted by Gasteiger charge is 2.16. The van der Waals surface area contributed by atoms with Crippen LogP contribution in [-0.2, 0) is 36.9 Å². The fraction of sp³-hybridized carbons (Fsp3) is 0.714. The number of imidazole rings is 1. The van der Waals surface area contributed by atoms with Crippen LogP contribution >= 0.6 is 0 Å². The van der Waals surface area contributed by atoms with Gasteiger partial charge in [0.15, 0.2) is 0 Å². The second-order valence-electron chi connectivity index (χ2n) is 9.44. The molecule has 1 aromatic heterocycles. The molecule has 1 rings (SSSR count). The molecule has 37 heavy (non-hydrogen) atoms. The van der Waals surface area contributed by atoms with Gasteiger partial charge in [0.1, 0.15) is 38.2 Å². The summed E-state index contributed by atoms with van der Waals surface area (Å²) in [5.74, 6) is -0.906. The van der Waals surface area contributed by atoms with Crippen molar-refractivity contribution in [1.29, 1.82) is 0 Å². The van der Waals surface area contributed by atoms with E-state index in [4.69, 9.17) is 19.9 Å². The van der Waals surface area contributed by atoms with E-state index in [1.807, 2.05) is 23.3 Å². The van der Waals surface area contributed by atoms with E-state index in [1.165, 1.54) is 57.8 Å². The van der Waals surface area contributed by atoms with E-state index in [0.717, 1.165) is 13.0 Å². The molecule has 0 radical (unpaired) electrons. The zero-order valence-corrected chi connectivity index (χ0v) is 23.3. The first-order valence-electron chi connectivity index (χ1n) is 13.8. The van der Waals surface area contributed by atoms with Crippen molar-refractivity contribution in [2.24, 2.45) is 10.7 Å². The van der Waals surface area contributed by atoms with E-state index in [9.17, 15) is 9.59 Å². The third-order valence-electron chi connectivity index (χ3n) is 5.88. The average molecular weight is 522 g/mol. The van der Waals surface area contributed by atoms with Gasteiger partial charge in [0.05, 0.1) is 19.6 Å². The SMILES string of the molecule is C=C(C)C(=O)OCC(COC(=O)CCn1cc[n+](CCCCCCCCCCCC)c1)N=C(N)OCC. The Kier molecular flexibility index (Phi) is 17.6. The maximum atomic E-state index is 12.3. The van der Waals surface area contributed by atoms with Gasteiger partial charge in [-0.05, 0) is 26.7 Å². The monoisotopic (exact) mass is 521 g/mol. The summed E-state index contributed by atoms with van der Waals surface area (Å²) in [6, 6.07) is -0.706. The maximum absolute atomic E-state index is 12.3. The van der Waals surface area contributed by atoms with Gasteiger partial charge < -0.3 is 19.9 Å². The molecule has 1 aromatic rings. The Hall–Kier alpha value is -2.84. The van der Waals surface area contributed by atoms with Crippen LogP contribution in [0.4, 0.5) is 0 Å². The highest BCUT2D eigenvalue weighted by atomic mass is 16.5. The Labute approximate surface area is 223 Å². The zero-order valence-electron chi connectivity index (χ0n) is 23.3. The lowest BCUT2D eigenvalue weighted by atomic mass is 10.1. The molecule has 0 aliphatic rings. The Morgan fingerprint density at radius 2 is 1.59 bits per heavy atom.